The van der Waals surface area contributed by atoms with Crippen LogP contribution >= 0.6 is 11.6 Å². The molecule has 2 fully saturated rings. The number of hydrogen-bond donors (Lipinski definition) is 1. The molecule has 1 aromatic carbocycles. The second kappa shape index (κ2) is 6.75. The first-order valence-corrected chi connectivity index (χ1v) is 9.82. The number of aliphatic carboxylic acids is 1. The Kier molecular flexibility index (Phi) is 4.93. The van der Waals surface area contributed by atoms with Crippen LogP contribution in [0.3, 0.4) is 0 Å². The lowest BCUT2D eigenvalue weighted by Crippen LogP contribution is -2.48. The summed E-state index contributed by atoms with van der Waals surface area (Å²) in [5, 5.41) is 19.9. The molecule has 1 saturated heterocycles. The van der Waals surface area contributed by atoms with Gasteiger partial charge in [-0.2, -0.15) is 4.31 Å². The van der Waals surface area contributed by atoms with Gasteiger partial charge in [-0.25, -0.2) is 12.8 Å². The molecule has 1 aliphatic heterocycles. The van der Waals surface area contributed by atoms with E-state index in [9.17, 15) is 32.8 Å². The van der Waals surface area contributed by atoms with Crippen LogP contribution in [0.25, 0.3) is 0 Å². The Hall–Kier alpha value is -1.78. The molecular formula is C15H16ClFN2O6S. The number of nitro groups is 1. The van der Waals surface area contributed by atoms with Crippen molar-refractivity contribution in [3.05, 3.63) is 33.1 Å². The highest BCUT2D eigenvalue weighted by molar-refractivity contribution is 7.89. The van der Waals surface area contributed by atoms with E-state index in [2.05, 4.69) is 0 Å². The fourth-order valence-electron chi connectivity index (χ4n) is 3.40. The van der Waals surface area contributed by atoms with Crippen molar-refractivity contribution in [2.45, 2.75) is 36.6 Å². The van der Waals surface area contributed by atoms with E-state index < -0.39 is 54.3 Å². The molecule has 1 aromatic rings. The third-order valence-electron chi connectivity index (χ3n) is 4.89. The lowest BCUT2D eigenvalue weighted by atomic mass is 9.90. The first-order chi connectivity index (χ1) is 12.1. The topological polar surface area (TPSA) is 118 Å². The van der Waals surface area contributed by atoms with Crippen molar-refractivity contribution < 1.29 is 27.6 Å². The van der Waals surface area contributed by atoms with Crippen LogP contribution in [0.2, 0.25) is 5.02 Å². The van der Waals surface area contributed by atoms with Crippen LogP contribution in [0.4, 0.5) is 10.1 Å². The third-order valence-corrected chi connectivity index (χ3v) is 7.14. The Morgan fingerprint density at radius 3 is 2.54 bits per heavy atom. The molecule has 26 heavy (non-hydrogen) atoms. The summed E-state index contributed by atoms with van der Waals surface area (Å²) in [5.41, 5.74) is -0.887. The minimum Gasteiger partial charge on any atom is -0.481 e. The van der Waals surface area contributed by atoms with Gasteiger partial charge in [-0.3, -0.25) is 14.9 Å². The first kappa shape index (κ1) is 19.0. The van der Waals surface area contributed by atoms with Crippen LogP contribution in [-0.2, 0) is 14.8 Å². The quantitative estimate of drug-likeness (QED) is 0.593. The molecule has 0 spiro atoms. The molecule has 2 atom stereocenters. The molecule has 1 N–H and O–H groups in total. The van der Waals surface area contributed by atoms with Gasteiger partial charge in [0.25, 0.3) is 5.69 Å². The minimum atomic E-state index is -4.33. The van der Waals surface area contributed by atoms with E-state index >= 15 is 0 Å². The maximum atomic E-state index is 13.6. The fourth-order valence-corrected chi connectivity index (χ4v) is 5.51. The number of carbonyl (C=O) groups is 1. The second-order valence-electron chi connectivity index (χ2n) is 6.57. The zero-order valence-corrected chi connectivity index (χ0v) is 15.0. The predicted molar refractivity (Wildman–Crippen MR) is 88.8 cm³/mol. The highest BCUT2D eigenvalue weighted by Crippen LogP contribution is 2.44. The number of nitro benzene ring substituents is 1. The first-order valence-electron chi connectivity index (χ1n) is 8.01. The Morgan fingerprint density at radius 1 is 1.35 bits per heavy atom. The van der Waals surface area contributed by atoms with Crippen LogP contribution in [-0.4, -0.2) is 41.3 Å². The number of piperidine rings is 1. The molecule has 0 aromatic heterocycles. The average molecular weight is 407 g/mol. The van der Waals surface area contributed by atoms with Gasteiger partial charge in [0.15, 0.2) is 4.90 Å². The lowest BCUT2D eigenvalue weighted by molar-refractivity contribution is -0.388. The zero-order chi connectivity index (χ0) is 19.2. The summed E-state index contributed by atoms with van der Waals surface area (Å²) < 4.78 is 40.9. The number of hydrogen-bond acceptors (Lipinski definition) is 5. The Labute approximate surface area is 153 Å². The minimum absolute atomic E-state index is 0.0295. The van der Waals surface area contributed by atoms with Crippen molar-refractivity contribution in [1.29, 1.82) is 0 Å². The summed E-state index contributed by atoms with van der Waals surface area (Å²) in [4.78, 5) is 20.9. The molecule has 2 unspecified atom stereocenters. The molecule has 0 amide bonds. The van der Waals surface area contributed by atoms with Crippen molar-refractivity contribution in [2.24, 2.45) is 11.8 Å². The molecule has 1 saturated carbocycles. The van der Waals surface area contributed by atoms with Crippen molar-refractivity contribution in [2.75, 3.05) is 6.54 Å². The van der Waals surface area contributed by atoms with E-state index in [0.717, 1.165) is 23.2 Å². The van der Waals surface area contributed by atoms with Crippen LogP contribution in [0, 0.1) is 27.8 Å². The van der Waals surface area contributed by atoms with E-state index in [1.54, 1.807) is 0 Å². The molecule has 1 aliphatic carbocycles. The third kappa shape index (κ3) is 3.40. The van der Waals surface area contributed by atoms with Gasteiger partial charge >= 0.3 is 5.97 Å². The van der Waals surface area contributed by atoms with Gasteiger partial charge in [-0.05, 0) is 37.7 Å². The van der Waals surface area contributed by atoms with Gasteiger partial charge in [0.2, 0.25) is 10.0 Å². The Morgan fingerprint density at radius 2 is 2.00 bits per heavy atom. The summed E-state index contributed by atoms with van der Waals surface area (Å²) >= 11 is 5.65. The number of halogens is 2. The highest BCUT2D eigenvalue weighted by atomic mass is 35.5. The highest BCUT2D eigenvalue weighted by Gasteiger charge is 2.47. The Bertz CT molecular complexity index is 873. The van der Waals surface area contributed by atoms with Gasteiger partial charge in [0, 0.05) is 12.6 Å². The van der Waals surface area contributed by atoms with Gasteiger partial charge < -0.3 is 5.11 Å². The molecule has 11 heteroatoms. The summed E-state index contributed by atoms with van der Waals surface area (Å²) in [6, 6.07) is 0.696. The van der Waals surface area contributed by atoms with E-state index in [-0.39, 0.29) is 25.3 Å². The predicted octanol–water partition coefficient (Wildman–Crippen LogP) is 2.65. The van der Waals surface area contributed by atoms with Gasteiger partial charge in [-0.15, -0.1) is 0 Å². The largest absolute Gasteiger partial charge is 0.481 e. The lowest BCUT2D eigenvalue weighted by Gasteiger charge is -2.37. The van der Waals surface area contributed by atoms with E-state index in [1.807, 2.05) is 0 Å². The van der Waals surface area contributed by atoms with Crippen LogP contribution in [0.5, 0.6) is 0 Å². The van der Waals surface area contributed by atoms with Gasteiger partial charge in [-0.1, -0.05) is 11.6 Å². The second-order valence-corrected chi connectivity index (χ2v) is 8.84. The van der Waals surface area contributed by atoms with Crippen molar-refractivity contribution >= 4 is 33.3 Å². The molecule has 0 radical (unpaired) electrons. The number of carboxylic acids is 1. The maximum Gasteiger partial charge on any atom is 0.306 e. The van der Waals surface area contributed by atoms with E-state index in [0.29, 0.717) is 6.07 Å². The van der Waals surface area contributed by atoms with Crippen LogP contribution < -0.4 is 0 Å². The molecule has 8 nitrogen and oxygen atoms in total. The maximum absolute atomic E-state index is 13.6. The smallest absolute Gasteiger partial charge is 0.306 e. The fraction of sp³-hybridized carbons (Fsp3) is 0.533. The van der Waals surface area contributed by atoms with Gasteiger partial charge in [0.1, 0.15) is 5.82 Å². The molecule has 2 aliphatic rings. The number of benzene rings is 1. The summed E-state index contributed by atoms with van der Waals surface area (Å²) in [6.45, 7) is -0.0629. The number of sulfonamides is 1. The SMILES string of the molecule is O=C(O)C1CCN(S(=O)(=O)c2cc(Cl)c(F)cc2[N+](=O)[O-])C(C2CC2)C1. The monoisotopic (exact) mass is 406 g/mol. The molecule has 1 heterocycles. The van der Waals surface area contributed by atoms with Crippen molar-refractivity contribution in [3.8, 4) is 0 Å². The van der Waals surface area contributed by atoms with E-state index in [1.165, 1.54) is 0 Å². The summed E-state index contributed by atoms with van der Waals surface area (Å²) in [6.07, 6.45) is 1.81. The van der Waals surface area contributed by atoms with Crippen LogP contribution in [0.15, 0.2) is 17.0 Å². The van der Waals surface area contributed by atoms with Crippen molar-refractivity contribution in [3.63, 3.8) is 0 Å². The number of nitrogens with zero attached hydrogens (tertiary/aromatic N) is 2. The zero-order valence-electron chi connectivity index (χ0n) is 13.5. The number of carboxylic acid groups (broad SMARTS) is 1. The standard InChI is InChI=1S/C15H16ClFN2O6S/c16-10-6-14(13(19(22)23)7-11(10)17)26(24,25)18-4-3-9(15(20)21)5-12(18)8-1-2-8/h6-9,12H,1-5H2,(H,20,21). The normalized spacial score (nSPS) is 24.4. The molecular weight excluding hydrogens is 391 g/mol. The molecule has 142 valence electrons. The summed E-state index contributed by atoms with van der Waals surface area (Å²) in [7, 11) is -4.33. The van der Waals surface area contributed by atoms with Crippen LogP contribution in [0.1, 0.15) is 25.7 Å². The molecule has 3 rings (SSSR count). The summed E-state index contributed by atoms with van der Waals surface area (Å²) in [5.74, 6) is -2.69. The average Bonchev–Trinajstić information content (AvgIpc) is 3.40. The Balaban J connectivity index is 2.03. The number of rotatable bonds is 5. The van der Waals surface area contributed by atoms with Crippen molar-refractivity contribution in [1.82, 2.24) is 4.31 Å². The van der Waals surface area contributed by atoms with Gasteiger partial charge in [0.05, 0.1) is 21.9 Å². The van der Waals surface area contributed by atoms with E-state index in [4.69, 9.17) is 11.6 Å². The molecule has 0 bridgehead atoms.